The van der Waals surface area contributed by atoms with E-state index in [1.54, 1.807) is 20.3 Å². The molecule has 0 spiro atoms. The second kappa shape index (κ2) is 16.9. The number of rotatable bonds is 13. The number of allylic oxidation sites excluding steroid dienone is 2. The van der Waals surface area contributed by atoms with Crippen molar-refractivity contribution in [3.8, 4) is 22.6 Å². The summed E-state index contributed by atoms with van der Waals surface area (Å²) < 4.78 is 17.8. The Balaban J connectivity index is 0.00000162. The Labute approximate surface area is 257 Å². The molecule has 4 heteroatoms. The van der Waals surface area contributed by atoms with Gasteiger partial charge in [-0.2, -0.15) is 0 Å². The minimum Gasteiger partial charge on any atom is -0.497 e. The van der Waals surface area contributed by atoms with Crippen LogP contribution in [0.4, 0.5) is 0 Å². The molecule has 4 rings (SSSR count). The quantitative estimate of drug-likeness (QED) is 0.161. The lowest BCUT2D eigenvalue weighted by molar-refractivity contribution is 0.0142. The van der Waals surface area contributed by atoms with Crippen LogP contribution in [0.1, 0.15) is 42.5 Å². The molecule has 1 N–H and O–H groups in total. The van der Waals surface area contributed by atoms with E-state index in [4.69, 9.17) is 14.2 Å². The van der Waals surface area contributed by atoms with E-state index in [2.05, 4.69) is 51.3 Å². The summed E-state index contributed by atoms with van der Waals surface area (Å²) in [7, 11) is 3.31. The van der Waals surface area contributed by atoms with Crippen LogP contribution in [0.2, 0.25) is 0 Å². The molecule has 0 bridgehead atoms. The number of aliphatic hydroxyl groups is 1. The highest BCUT2D eigenvalue weighted by Gasteiger charge is 2.38. The van der Waals surface area contributed by atoms with E-state index in [0.29, 0.717) is 6.61 Å². The van der Waals surface area contributed by atoms with Crippen LogP contribution in [0.15, 0.2) is 134 Å². The van der Waals surface area contributed by atoms with E-state index in [-0.39, 0.29) is 6.61 Å². The van der Waals surface area contributed by atoms with E-state index in [1.807, 2.05) is 84.9 Å². The highest BCUT2D eigenvalue weighted by molar-refractivity contribution is 5.64. The zero-order chi connectivity index (χ0) is 31.1. The maximum absolute atomic E-state index is 9.31. The summed E-state index contributed by atoms with van der Waals surface area (Å²) in [5, 5.41) is 9.31. The number of aliphatic hydroxyl groups excluding tert-OH is 1. The van der Waals surface area contributed by atoms with Crippen LogP contribution in [-0.2, 0) is 23.4 Å². The van der Waals surface area contributed by atoms with Crippen LogP contribution in [0.3, 0.4) is 0 Å². The molecule has 4 nitrogen and oxygen atoms in total. The fourth-order valence-corrected chi connectivity index (χ4v) is 4.85. The summed E-state index contributed by atoms with van der Waals surface area (Å²) in [4.78, 5) is 0. The smallest absolute Gasteiger partial charge is 0.143 e. The van der Waals surface area contributed by atoms with Crippen LogP contribution in [-0.4, -0.2) is 25.9 Å². The zero-order valence-electron chi connectivity index (χ0n) is 25.9. The molecule has 0 radical (unpaired) electrons. The normalized spacial score (nSPS) is 11.2. The molecule has 43 heavy (non-hydrogen) atoms. The molecular formula is C39H44O4. The predicted molar refractivity (Wildman–Crippen MR) is 179 cm³/mol. The van der Waals surface area contributed by atoms with Crippen molar-refractivity contribution in [1.82, 2.24) is 0 Å². The number of methoxy groups -OCH3 is 2. The number of hydrogen-bond donors (Lipinski definition) is 1. The SMILES string of the molecule is C=C/C=C(\C=C)C(OCCc1ccc(-c2ccc(CO)cc2)cc1)(c1ccc(OC)cc1)c1ccc(OC)cc1.CCC. The van der Waals surface area contributed by atoms with Crippen LogP contribution in [0.25, 0.3) is 11.1 Å². The standard InChI is InChI=1S/C36H36O4.C3H8/c1-5-7-31(6-2)36(32-16-20-34(38-3)21-17-32,33-18-22-35(39-4)23-19-33)40-25-24-27-8-12-29(13-9-27)30-14-10-28(26-37)11-15-30;1-3-2/h5-23,37H,1-2,24-26H2,3-4H3;3H2,1-2H3/b31-7+;. The predicted octanol–water partition coefficient (Wildman–Crippen LogP) is 9.08. The van der Waals surface area contributed by atoms with Gasteiger partial charge >= 0.3 is 0 Å². The molecule has 0 saturated carbocycles. The van der Waals surface area contributed by atoms with Gasteiger partial charge in [-0.3, -0.25) is 0 Å². The van der Waals surface area contributed by atoms with Gasteiger partial charge in [0.25, 0.3) is 0 Å². The van der Waals surface area contributed by atoms with Crippen molar-refractivity contribution in [1.29, 1.82) is 0 Å². The highest BCUT2D eigenvalue weighted by atomic mass is 16.5. The van der Waals surface area contributed by atoms with Gasteiger partial charge in [-0.25, -0.2) is 0 Å². The Morgan fingerprint density at radius 2 is 1.14 bits per heavy atom. The van der Waals surface area contributed by atoms with Crippen LogP contribution < -0.4 is 9.47 Å². The maximum Gasteiger partial charge on any atom is 0.143 e. The Morgan fingerprint density at radius 3 is 1.51 bits per heavy atom. The first kappa shape index (κ1) is 33.1. The second-order valence-electron chi connectivity index (χ2n) is 10.1. The lowest BCUT2D eigenvalue weighted by Crippen LogP contribution is -2.34. The molecular weight excluding hydrogens is 532 g/mol. The third-order valence-electron chi connectivity index (χ3n) is 7.05. The van der Waals surface area contributed by atoms with E-state index in [1.165, 1.54) is 12.0 Å². The first-order valence-electron chi connectivity index (χ1n) is 14.7. The second-order valence-corrected chi connectivity index (χ2v) is 10.1. The first-order chi connectivity index (χ1) is 21.0. The molecule has 0 amide bonds. The topological polar surface area (TPSA) is 47.9 Å². The van der Waals surface area contributed by atoms with Crippen molar-refractivity contribution in [2.75, 3.05) is 20.8 Å². The molecule has 0 saturated heterocycles. The van der Waals surface area contributed by atoms with Crippen molar-refractivity contribution < 1.29 is 19.3 Å². The average molecular weight is 577 g/mol. The molecule has 0 aromatic heterocycles. The number of benzene rings is 4. The molecule has 4 aromatic rings. The van der Waals surface area contributed by atoms with Gasteiger partial charge in [0, 0.05) is 0 Å². The Morgan fingerprint density at radius 1 is 0.698 bits per heavy atom. The summed E-state index contributed by atoms with van der Waals surface area (Å²) in [6, 6.07) is 32.3. The van der Waals surface area contributed by atoms with E-state index >= 15 is 0 Å². The molecule has 0 aliphatic carbocycles. The van der Waals surface area contributed by atoms with Crippen molar-refractivity contribution >= 4 is 0 Å². The maximum atomic E-state index is 9.31. The monoisotopic (exact) mass is 576 g/mol. The summed E-state index contributed by atoms with van der Waals surface area (Å²) >= 11 is 0. The molecule has 0 unspecified atom stereocenters. The zero-order valence-corrected chi connectivity index (χ0v) is 25.9. The molecule has 0 atom stereocenters. The first-order valence-corrected chi connectivity index (χ1v) is 14.7. The van der Waals surface area contributed by atoms with Crippen molar-refractivity contribution in [3.05, 3.63) is 156 Å². The summed E-state index contributed by atoms with van der Waals surface area (Å²) in [6.07, 6.45) is 7.50. The van der Waals surface area contributed by atoms with Gasteiger partial charge in [-0.1, -0.05) is 124 Å². The average Bonchev–Trinajstić information content (AvgIpc) is 3.07. The van der Waals surface area contributed by atoms with Crippen molar-refractivity contribution in [2.45, 2.75) is 38.9 Å². The van der Waals surface area contributed by atoms with Gasteiger partial charge in [-0.05, 0) is 69.6 Å². The van der Waals surface area contributed by atoms with E-state index in [9.17, 15) is 5.11 Å². The lowest BCUT2D eigenvalue weighted by Gasteiger charge is -2.37. The Kier molecular flexibility index (Phi) is 13.0. The molecule has 224 valence electrons. The van der Waals surface area contributed by atoms with Crippen molar-refractivity contribution in [2.24, 2.45) is 0 Å². The van der Waals surface area contributed by atoms with Gasteiger partial charge in [0.15, 0.2) is 0 Å². The molecule has 0 aliphatic rings. The fourth-order valence-electron chi connectivity index (χ4n) is 4.85. The minimum atomic E-state index is -0.928. The van der Waals surface area contributed by atoms with Crippen LogP contribution >= 0.6 is 0 Å². The molecule has 0 fully saturated rings. The van der Waals surface area contributed by atoms with Crippen LogP contribution in [0, 0.1) is 0 Å². The molecule has 0 heterocycles. The molecule has 0 aliphatic heterocycles. The highest BCUT2D eigenvalue weighted by Crippen LogP contribution is 2.42. The number of hydrogen-bond acceptors (Lipinski definition) is 4. The van der Waals surface area contributed by atoms with Gasteiger partial charge in [0.05, 0.1) is 27.4 Å². The van der Waals surface area contributed by atoms with E-state index < -0.39 is 5.60 Å². The van der Waals surface area contributed by atoms with Gasteiger partial charge in [-0.15, -0.1) is 0 Å². The summed E-state index contributed by atoms with van der Waals surface area (Å²) in [6.45, 7) is 12.8. The summed E-state index contributed by atoms with van der Waals surface area (Å²) in [5.74, 6) is 1.54. The summed E-state index contributed by atoms with van der Waals surface area (Å²) in [5.41, 5.74) is 6.16. The molecule has 4 aromatic carbocycles. The Hall–Kier alpha value is -4.38. The third-order valence-corrected chi connectivity index (χ3v) is 7.05. The minimum absolute atomic E-state index is 0.0450. The van der Waals surface area contributed by atoms with Gasteiger partial charge in [0.1, 0.15) is 17.1 Å². The van der Waals surface area contributed by atoms with Crippen LogP contribution in [0.5, 0.6) is 11.5 Å². The lowest BCUT2D eigenvalue weighted by atomic mass is 9.79. The van der Waals surface area contributed by atoms with Gasteiger partial charge in [0.2, 0.25) is 0 Å². The van der Waals surface area contributed by atoms with Crippen molar-refractivity contribution in [3.63, 3.8) is 0 Å². The van der Waals surface area contributed by atoms with Gasteiger partial charge < -0.3 is 19.3 Å². The number of ether oxygens (including phenoxy) is 3. The van der Waals surface area contributed by atoms with E-state index in [0.717, 1.165) is 51.3 Å². The third kappa shape index (κ3) is 8.35. The largest absolute Gasteiger partial charge is 0.497 e. The Bertz CT molecular complexity index is 1380. The fraction of sp³-hybridized carbons (Fsp3) is 0.231.